The fraction of sp³-hybridized carbons (Fsp3) is 0.647. The average Bonchev–Trinajstić information content (AvgIpc) is 3.16. The summed E-state index contributed by atoms with van der Waals surface area (Å²) in [5.74, 6) is 1.07. The second-order valence-electron chi connectivity index (χ2n) is 7.10. The highest BCUT2D eigenvalue weighted by molar-refractivity contribution is 7.89. The van der Waals surface area contributed by atoms with Crippen LogP contribution in [0.25, 0.3) is 10.2 Å². The molecule has 2 fully saturated rings. The smallest absolute Gasteiger partial charge is 0.214 e. The summed E-state index contributed by atoms with van der Waals surface area (Å²) >= 11 is 1.69. The predicted octanol–water partition coefficient (Wildman–Crippen LogP) is 1.94. The Balaban J connectivity index is 1.63. The number of morpholine rings is 1. The standard InChI is InChI=1S/C17H24N4O3S2/c1-4-26(22,23)21-7-8-24-17(10-21)5-6-20(9-17)15-14-12(2)13(3)25-16(14)19-11-18-15/h11H,4-10H2,1-3H3. The van der Waals surface area contributed by atoms with E-state index in [0.29, 0.717) is 26.2 Å². The van der Waals surface area contributed by atoms with E-state index >= 15 is 0 Å². The first-order valence-corrected chi connectivity index (χ1v) is 11.4. The van der Waals surface area contributed by atoms with E-state index in [1.807, 2.05) is 0 Å². The zero-order valence-corrected chi connectivity index (χ0v) is 17.0. The highest BCUT2D eigenvalue weighted by Gasteiger charge is 2.45. The molecule has 2 saturated heterocycles. The summed E-state index contributed by atoms with van der Waals surface area (Å²) in [5.41, 5.74) is 0.776. The van der Waals surface area contributed by atoms with Gasteiger partial charge in [-0.05, 0) is 32.8 Å². The van der Waals surface area contributed by atoms with Crippen molar-refractivity contribution in [3.63, 3.8) is 0 Å². The Morgan fingerprint density at radius 1 is 1.27 bits per heavy atom. The second kappa shape index (κ2) is 6.40. The van der Waals surface area contributed by atoms with Crippen LogP contribution in [-0.2, 0) is 14.8 Å². The number of hydrogen-bond acceptors (Lipinski definition) is 7. The van der Waals surface area contributed by atoms with Gasteiger partial charge in [-0.25, -0.2) is 18.4 Å². The molecule has 4 rings (SSSR count). The molecule has 1 spiro atoms. The van der Waals surface area contributed by atoms with Crippen molar-refractivity contribution in [1.82, 2.24) is 14.3 Å². The van der Waals surface area contributed by atoms with Gasteiger partial charge in [-0.2, -0.15) is 4.31 Å². The summed E-state index contributed by atoms with van der Waals surface area (Å²) < 4.78 is 32.3. The minimum atomic E-state index is -3.19. The molecule has 0 radical (unpaired) electrons. The Kier molecular flexibility index (Phi) is 4.45. The van der Waals surface area contributed by atoms with E-state index in [-0.39, 0.29) is 5.75 Å². The molecule has 26 heavy (non-hydrogen) atoms. The maximum atomic E-state index is 12.3. The number of fused-ring (bicyclic) bond motifs is 1. The Morgan fingerprint density at radius 3 is 2.85 bits per heavy atom. The summed E-state index contributed by atoms with van der Waals surface area (Å²) in [6.07, 6.45) is 2.42. The molecule has 2 aliphatic heterocycles. The van der Waals surface area contributed by atoms with Crippen molar-refractivity contribution in [1.29, 1.82) is 0 Å². The lowest BCUT2D eigenvalue weighted by molar-refractivity contribution is -0.0742. The molecule has 1 atom stereocenters. The minimum Gasteiger partial charge on any atom is -0.370 e. The SMILES string of the molecule is CCS(=O)(=O)N1CCOC2(CCN(c3ncnc4sc(C)c(C)c34)C2)C1. The first-order chi connectivity index (χ1) is 12.4. The van der Waals surface area contributed by atoms with Crippen molar-refractivity contribution in [2.24, 2.45) is 0 Å². The van der Waals surface area contributed by atoms with E-state index in [1.165, 1.54) is 10.4 Å². The molecule has 0 aliphatic carbocycles. The van der Waals surface area contributed by atoms with Crippen LogP contribution in [0.15, 0.2) is 6.33 Å². The van der Waals surface area contributed by atoms with Gasteiger partial charge in [0.15, 0.2) is 0 Å². The lowest BCUT2D eigenvalue weighted by atomic mass is 10.0. The molecule has 0 amide bonds. The van der Waals surface area contributed by atoms with E-state index in [2.05, 4.69) is 28.7 Å². The van der Waals surface area contributed by atoms with Crippen molar-refractivity contribution in [2.45, 2.75) is 32.8 Å². The fourth-order valence-electron chi connectivity index (χ4n) is 3.91. The van der Waals surface area contributed by atoms with Gasteiger partial charge in [0.1, 0.15) is 22.6 Å². The molecular weight excluding hydrogens is 372 g/mol. The largest absolute Gasteiger partial charge is 0.370 e. The lowest BCUT2D eigenvalue weighted by Gasteiger charge is -2.39. The van der Waals surface area contributed by atoms with Crippen LogP contribution >= 0.6 is 11.3 Å². The highest BCUT2D eigenvalue weighted by atomic mass is 32.2. The van der Waals surface area contributed by atoms with Crippen molar-refractivity contribution >= 4 is 37.4 Å². The number of nitrogens with zero attached hydrogens (tertiary/aromatic N) is 4. The van der Waals surface area contributed by atoms with Gasteiger partial charge < -0.3 is 9.64 Å². The Bertz CT molecular complexity index is 943. The van der Waals surface area contributed by atoms with Crippen molar-refractivity contribution in [3.05, 3.63) is 16.8 Å². The maximum absolute atomic E-state index is 12.3. The van der Waals surface area contributed by atoms with Gasteiger partial charge in [-0.15, -0.1) is 11.3 Å². The van der Waals surface area contributed by atoms with Crippen LogP contribution in [0.1, 0.15) is 23.8 Å². The molecule has 4 heterocycles. The third-order valence-electron chi connectivity index (χ3n) is 5.53. The fourth-order valence-corrected chi connectivity index (χ4v) is 6.05. The van der Waals surface area contributed by atoms with Gasteiger partial charge in [-0.1, -0.05) is 0 Å². The Labute approximate surface area is 158 Å². The van der Waals surface area contributed by atoms with Crippen LogP contribution in [0.4, 0.5) is 5.82 Å². The molecule has 2 aliphatic rings. The van der Waals surface area contributed by atoms with Crippen LogP contribution in [0.5, 0.6) is 0 Å². The monoisotopic (exact) mass is 396 g/mol. The number of hydrogen-bond donors (Lipinski definition) is 0. The quantitative estimate of drug-likeness (QED) is 0.789. The highest BCUT2D eigenvalue weighted by Crippen LogP contribution is 2.38. The zero-order valence-electron chi connectivity index (χ0n) is 15.4. The molecule has 2 aromatic rings. The van der Waals surface area contributed by atoms with Crippen molar-refractivity contribution in [2.75, 3.05) is 43.4 Å². The number of anilines is 1. The summed E-state index contributed by atoms with van der Waals surface area (Å²) in [5, 5.41) is 1.11. The molecule has 9 heteroatoms. The number of ether oxygens (including phenoxy) is 1. The lowest BCUT2D eigenvalue weighted by Crippen LogP contribution is -2.55. The molecule has 0 saturated carbocycles. The third kappa shape index (κ3) is 2.90. The van der Waals surface area contributed by atoms with Crippen LogP contribution < -0.4 is 4.90 Å². The molecule has 1 unspecified atom stereocenters. The molecule has 0 aromatic carbocycles. The van der Waals surface area contributed by atoms with Gasteiger partial charge in [0.2, 0.25) is 10.0 Å². The second-order valence-corrected chi connectivity index (χ2v) is 10.6. The zero-order chi connectivity index (χ0) is 18.5. The van der Waals surface area contributed by atoms with Gasteiger partial charge in [0, 0.05) is 31.1 Å². The van der Waals surface area contributed by atoms with Gasteiger partial charge in [0.25, 0.3) is 0 Å². The van der Waals surface area contributed by atoms with Gasteiger partial charge in [0.05, 0.1) is 17.7 Å². The topological polar surface area (TPSA) is 75.6 Å². The van der Waals surface area contributed by atoms with Gasteiger partial charge in [-0.3, -0.25) is 0 Å². The molecule has 142 valence electrons. The summed E-state index contributed by atoms with van der Waals surface area (Å²) in [4.78, 5) is 13.5. The van der Waals surface area contributed by atoms with Crippen molar-refractivity contribution in [3.8, 4) is 0 Å². The number of thiophene rings is 1. The first kappa shape index (κ1) is 18.1. The average molecular weight is 397 g/mol. The summed E-state index contributed by atoms with van der Waals surface area (Å²) in [6.45, 7) is 8.69. The number of rotatable bonds is 3. The summed E-state index contributed by atoms with van der Waals surface area (Å²) in [6, 6.07) is 0. The van der Waals surface area contributed by atoms with E-state index < -0.39 is 15.6 Å². The van der Waals surface area contributed by atoms with E-state index in [1.54, 1.807) is 28.9 Å². The minimum absolute atomic E-state index is 0.132. The van der Waals surface area contributed by atoms with Crippen LogP contribution in [0.2, 0.25) is 0 Å². The molecule has 2 aromatic heterocycles. The molecule has 7 nitrogen and oxygen atoms in total. The maximum Gasteiger partial charge on any atom is 0.214 e. The van der Waals surface area contributed by atoms with E-state index in [4.69, 9.17) is 4.74 Å². The predicted molar refractivity (Wildman–Crippen MR) is 103 cm³/mol. The molecule has 0 N–H and O–H groups in total. The third-order valence-corrected chi connectivity index (χ3v) is 8.48. The van der Waals surface area contributed by atoms with Gasteiger partial charge >= 0.3 is 0 Å². The van der Waals surface area contributed by atoms with Crippen LogP contribution in [0, 0.1) is 13.8 Å². The molecular formula is C17H24N4O3S2. The first-order valence-electron chi connectivity index (χ1n) is 8.93. The Morgan fingerprint density at radius 2 is 2.08 bits per heavy atom. The number of aryl methyl sites for hydroxylation is 2. The number of sulfonamides is 1. The van der Waals surface area contributed by atoms with Crippen LogP contribution in [0.3, 0.4) is 0 Å². The van der Waals surface area contributed by atoms with Crippen LogP contribution in [-0.4, -0.2) is 66.8 Å². The van der Waals surface area contributed by atoms with E-state index in [0.717, 1.165) is 29.0 Å². The van der Waals surface area contributed by atoms with E-state index in [9.17, 15) is 8.42 Å². The summed E-state index contributed by atoms with van der Waals surface area (Å²) in [7, 11) is -3.19. The Hall–Kier alpha value is -1.29. The normalized spacial score (nSPS) is 24.8. The molecule has 0 bridgehead atoms. The number of aromatic nitrogens is 2. The van der Waals surface area contributed by atoms with Crippen molar-refractivity contribution < 1.29 is 13.2 Å².